The molecule has 2 atom stereocenters. The minimum atomic E-state index is -0.317. The zero-order chi connectivity index (χ0) is 18.1. The Morgan fingerprint density at radius 1 is 1.04 bits per heavy atom. The molecule has 6 heteroatoms. The van der Waals surface area contributed by atoms with Crippen LogP contribution >= 0.6 is 0 Å². The van der Waals surface area contributed by atoms with Gasteiger partial charge in [0.25, 0.3) is 0 Å². The summed E-state index contributed by atoms with van der Waals surface area (Å²) in [5.41, 5.74) is 1.68. The predicted molar refractivity (Wildman–Crippen MR) is 98.0 cm³/mol. The first kappa shape index (κ1) is 16.3. The van der Waals surface area contributed by atoms with Gasteiger partial charge in [-0.25, -0.2) is 9.64 Å². The predicted octanol–water partition coefficient (Wildman–Crippen LogP) is 3.71. The third kappa shape index (κ3) is 2.93. The molecule has 132 valence electrons. The maximum Gasteiger partial charge on any atom is 0.415 e. The van der Waals surface area contributed by atoms with Crippen LogP contribution in [0.2, 0.25) is 0 Å². The third-order valence-corrected chi connectivity index (χ3v) is 5.05. The number of rotatable bonds is 3. The Balaban J connectivity index is 1.39. The van der Waals surface area contributed by atoms with E-state index in [2.05, 4.69) is 21.9 Å². The van der Waals surface area contributed by atoms with E-state index in [0.29, 0.717) is 24.0 Å². The van der Waals surface area contributed by atoms with Gasteiger partial charge in [0.1, 0.15) is 11.5 Å². The van der Waals surface area contributed by atoms with E-state index in [0.717, 1.165) is 24.4 Å². The summed E-state index contributed by atoms with van der Waals surface area (Å²) < 4.78 is 10.7. The lowest BCUT2D eigenvalue weighted by atomic mass is 10.2. The molecule has 0 aromatic heterocycles. The molecule has 0 spiro atoms. The Labute approximate surface area is 152 Å². The van der Waals surface area contributed by atoms with Crippen LogP contribution in [0.5, 0.6) is 11.5 Å². The second-order valence-corrected chi connectivity index (χ2v) is 6.52. The molecule has 2 aromatic rings. The number of nitrogens with zero attached hydrogens (tertiary/aromatic N) is 3. The number of methoxy groups -OCH3 is 1. The first-order valence-electron chi connectivity index (χ1n) is 8.54. The van der Waals surface area contributed by atoms with Gasteiger partial charge >= 0.3 is 6.09 Å². The number of ether oxygens (including phenoxy) is 2. The largest absolute Gasteiger partial charge is 0.497 e. The summed E-state index contributed by atoms with van der Waals surface area (Å²) in [5, 5.41) is 0. The van der Waals surface area contributed by atoms with Crippen molar-refractivity contribution in [1.29, 1.82) is 0 Å². The molecule has 2 aromatic carbocycles. The number of piperazine rings is 1. The molecular formula is C20H19N3O3. The molecule has 0 aliphatic carbocycles. The van der Waals surface area contributed by atoms with Gasteiger partial charge in [0, 0.05) is 24.8 Å². The van der Waals surface area contributed by atoms with Crippen molar-refractivity contribution in [1.82, 2.24) is 4.90 Å². The summed E-state index contributed by atoms with van der Waals surface area (Å²) in [4.78, 5) is 20.0. The third-order valence-electron chi connectivity index (χ3n) is 5.05. The molecule has 2 aliphatic heterocycles. The number of hydrogen-bond acceptors (Lipinski definition) is 4. The Bertz CT molecular complexity index is 842. The topological polar surface area (TPSA) is 46.4 Å². The van der Waals surface area contributed by atoms with E-state index >= 15 is 0 Å². The van der Waals surface area contributed by atoms with E-state index in [1.165, 1.54) is 0 Å². The van der Waals surface area contributed by atoms with Crippen molar-refractivity contribution in [3.05, 3.63) is 59.9 Å². The lowest BCUT2D eigenvalue weighted by Crippen LogP contribution is -2.49. The minimum Gasteiger partial charge on any atom is -0.497 e. The first-order valence-corrected chi connectivity index (χ1v) is 8.54. The van der Waals surface area contributed by atoms with Crippen LogP contribution in [0.3, 0.4) is 0 Å². The molecule has 1 amide bonds. The van der Waals surface area contributed by atoms with Crippen LogP contribution in [0, 0.1) is 6.57 Å². The molecule has 0 radical (unpaired) electrons. The van der Waals surface area contributed by atoms with Crippen LogP contribution in [0.25, 0.3) is 4.85 Å². The van der Waals surface area contributed by atoms with Gasteiger partial charge in [-0.3, -0.25) is 0 Å². The Morgan fingerprint density at radius 2 is 1.73 bits per heavy atom. The highest BCUT2D eigenvalue weighted by Gasteiger charge is 2.46. The Kier molecular flexibility index (Phi) is 4.13. The standard InChI is InChI=1S/C20H19N3O3/c1-21-14-3-7-19(8-4-14)26-20(24)23-13-16-11-17(23)12-22(16)15-5-9-18(25-2)10-6-15/h3-10,16-17H,11-13H2,2H3/t16-,17-/m1/s1. The van der Waals surface area contributed by atoms with Crippen molar-refractivity contribution in [2.24, 2.45) is 0 Å². The van der Waals surface area contributed by atoms with E-state index in [1.807, 2.05) is 17.0 Å². The molecular weight excluding hydrogens is 330 g/mol. The smallest absolute Gasteiger partial charge is 0.415 e. The maximum absolute atomic E-state index is 12.5. The van der Waals surface area contributed by atoms with Crippen LogP contribution in [-0.4, -0.2) is 43.3 Å². The van der Waals surface area contributed by atoms with E-state index in [-0.39, 0.29) is 12.1 Å². The van der Waals surface area contributed by atoms with Crippen LogP contribution in [0.4, 0.5) is 16.2 Å². The van der Waals surface area contributed by atoms with Gasteiger partial charge in [-0.15, -0.1) is 0 Å². The van der Waals surface area contributed by atoms with Crippen LogP contribution < -0.4 is 14.4 Å². The fourth-order valence-corrected chi connectivity index (χ4v) is 3.73. The van der Waals surface area contributed by atoms with Gasteiger partial charge in [0.05, 0.1) is 19.7 Å². The number of anilines is 1. The van der Waals surface area contributed by atoms with Crippen LogP contribution in [0.15, 0.2) is 48.5 Å². The van der Waals surface area contributed by atoms with Gasteiger partial charge in [-0.05, 0) is 42.8 Å². The summed E-state index contributed by atoms with van der Waals surface area (Å²) in [6, 6.07) is 15.1. The molecule has 0 unspecified atom stereocenters. The number of carbonyl (C=O) groups excluding carboxylic acids is 1. The van der Waals surface area contributed by atoms with E-state index in [4.69, 9.17) is 16.0 Å². The number of likely N-dealkylation sites (tertiary alicyclic amines) is 1. The summed E-state index contributed by atoms with van der Waals surface area (Å²) in [6.45, 7) is 8.43. The molecule has 2 heterocycles. The van der Waals surface area contributed by atoms with Crippen LogP contribution in [-0.2, 0) is 0 Å². The molecule has 2 saturated heterocycles. The number of benzene rings is 2. The van der Waals surface area contributed by atoms with Gasteiger partial charge < -0.3 is 19.3 Å². The molecule has 0 saturated carbocycles. The zero-order valence-corrected chi connectivity index (χ0v) is 14.5. The summed E-state index contributed by atoms with van der Waals surface area (Å²) in [6.07, 6.45) is 0.639. The van der Waals surface area contributed by atoms with E-state index < -0.39 is 0 Å². The highest BCUT2D eigenvalue weighted by atomic mass is 16.6. The van der Waals surface area contributed by atoms with E-state index in [1.54, 1.807) is 31.4 Å². The summed E-state index contributed by atoms with van der Waals surface area (Å²) >= 11 is 0. The lowest BCUT2D eigenvalue weighted by Gasteiger charge is -2.35. The fraction of sp³-hybridized carbons (Fsp3) is 0.300. The van der Waals surface area contributed by atoms with Crippen molar-refractivity contribution in [2.45, 2.75) is 18.5 Å². The summed E-state index contributed by atoms with van der Waals surface area (Å²) in [7, 11) is 1.66. The molecule has 6 nitrogen and oxygen atoms in total. The molecule has 0 N–H and O–H groups in total. The maximum atomic E-state index is 12.5. The normalized spacial score (nSPS) is 20.8. The Morgan fingerprint density at radius 3 is 2.31 bits per heavy atom. The van der Waals surface area contributed by atoms with Crippen molar-refractivity contribution < 1.29 is 14.3 Å². The van der Waals surface area contributed by atoms with Crippen molar-refractivity contribution in [3.63, 3.8) is 0 Å². The van der Waals surface area contributed by atoms with Crippen molar-refractivity contribution in [3.8, 4) is 11.5 Å². The average molecular weight is 349 g/mol. The number of amides is 1. The molecule has 2 aliphatic rings. The highest BCUT2D eigenvalue weighted by Crippen LogP contribution is 2.35. The number of carbonyl (C=O) groups is 1. The first-order chi connectivity index (χ1) is 12.7. The van der Waals surface area contributed by atoms with Crippen molar-refractivity contribution in [2.75, 3.05) is 25.1 Å². The second kappa shape index (κ2) is 6.60. The second-order valence-electron chi connectivity index (χ2n) is 6.52. The zero-order valence-electron chi connectivity index (χ0n) is 14.5. The van der Waals surface area contributed by atoms with Crippen molar-refractivity contribution >= 4 is 17.5 Å². The number of fused-ring (bicyclic) bond motifs is 2. The van der Waals surface area contributed by atoms with Gasteiger partial charge in [0.2, 0.25) is 0 Å². The SMILES string of the molecule is [C-]#[N+]c1ccc(OC(=O)N2C[C@H]3C[C@@H]2CN3c2ccc(OC)cc2)cc1. The van der Waals surface area contributed by atoms with E-state index in [9.17, 15) is 4.79 Å². The minimum absolute atomic E-state index is 0.164. The lowest BCUT2D eigenvalue weighted by molar-refractivity contribution is 0.144. The van der Waals surface area contributed by atoms with Gasteiger partial charge in [0.15, 0.2) is 5.69 Å². The molecule has 2 bridgehead atoms. The quantitative estimate of drug-likeness (QED) is 0.793. The van der Waals surface area contributed by atoms with Gasteiger partial charge in [-0.1, -0.05) is 12.1 Å². The Hall–Kier alpha value is -3.20. The van der Waals surface area contributed by atoms with Crippen LogP contribution in [0.1, 0.15) is 6.42 Å². The summed E-state index contributed by atoms with van der Waals surface area (Å²) in [5.74, 6) is 1.31. The monoisotopic (exact) mass is 349 g/mol. The van der Waals surface area contributed by atoms with Gasteiger partial charge in [-0.2, -0.15) is 0 Å². The average Bonchev–Trinajstić information content (AvgIpc) is 3.29. The highest BCUT2D eigenvalue weighted by molar-refractivity contribution is 5.73. The molecule has 4 rings (SSSR count). The number of hydrogen-bond donors (Lipinski definition) is 0. The molecule has 26 heavy (non-hydrogen) atoms. The fourth-order valence-electron chi connectivity index (χ4n) is 3.73. The molecule has 2 fully saturated rings.